The maximum absolute atomic E-state index is 6.63. The molecule has 0 unspecified atom stereocenters. The summed E-state index contributed by atoms with van der Waals surface area (Å²) in [6.07, 6.45) is 0. The maximum Gasteiger partial charge on any atom is 0.136 e. The van der Waals surface area contributed by atoms with Gasteiger partial charge in [0.1, 0.15) is 11.2 Å². The van der Waals surface area contributed by atoms with Crippen molar-refractivity contribution in [1.82, 2.24) is 0 Å². The van der Waals surface area contributed by atoms with Crippen molar-refractivity contribution in [3.8, 4) is 22.3 Å². The molecule has 0 saturated heterocycles. The molecule has 1 aromatic heterocycles. The Balaban J connectivity index is 1.63. The average molecular weight is 395 g/mol. The first-order chi connectivity index (χ1) is 14.0. The van der Waals surface area contributed by atoms with Crippen molar-refractivity contribution in [2.24, 2.45) is 0 Å². The van der Waals surface area contributed by atoms with E-state index < -0.39 is 0 Å². The molecule has 0 bridgehead atoms. The minimum absolute atomic E-state index is 0.0993. The number of hydrogen-bond donors (Lipinski definition) is 0. The van der Waals surface area contributed by atoms with Crippen LogP contribution in [0.15, 0.2) is 83.3 Å². The highest BCUT2D eigenvalue weighted by Gasteiger charge is 2.37. The van der Waals surface area contributed by atoms with Gasteiger partial charge in [0.2, 0.25) is 0 Å². The molecule has 1 aliphatic rings. The monoisotopic (exact) mass is 394 g/mol. The second-order valence-corrected chi connectivity index (χ2v) is 8.77. The Morgan fingerprint density at radius 3 is 2.31 bits per heavy atom. The SMILES string of the molecule is CC1(C)c2cc3oc4cc(-c5ccccc5)ccc4c3cc2-c2c(Cl)cccc21. The number of furan rings is 1. The van der Waals surface area contributed by atoms with Crippen LogP contribution in [-0.4, -0.2) is 0 Å². The molecule has 0 spiro atoms. The van der Waals surface area contributed by atoms with Gasteiger partial charge in [-0.05, 0) is 58.1 Å². The van der Waals surface area contributed by atoms with Crippen molar-refractivity contribution in [3.63, 3.8) is 0 Å². The number of rotatable bonds is 1. The summed E-state index contributed by atoms with van der Waals surface area (Å²) in [5.74, 6) is 0. The Kier molecular flexibility index (Phi) is 3.34. The summed E-state index contributed by atoms with van der Waals surface area (Å²) >= 11 is 6.63. The minimum Gasteiger partial charge on any atom is -0.456 e. The van der Waals surface area contributed by atoms with Gasteiger partial charge in [-0.2, -0.15) is 0 Å². The lowest BCUT2D eigenvalue weighted by atomic mass is 9.82. The van der Waals surface area contributed by atoms with Crippen molar-refractivity contribution >= 4 is 33.5 Å². The molecule has 140 valence electrons. The molecule has 0 aliphatic heterocycles. The maximum atomic E-state index is 6.63. The number of benzene rings is 4. The van der Waals surface area contributed by atoms with E-state index in [0.29, 0.717) is 0 Å². The highest BCUT2D eigenvalue weighted by atomic mass is 35.5. The quantitative estimate of drug-likeness (QED) is 0.279. The van der Waals surface area contributed by atoms with E-state index in [1.807, 2.05) is 18.2 Å². The minimum atomic E-state index is -0.0993. The zero-order valence-corrected chi connectivity index (χ0v) is 17.0. The average Bonchev–Trinajstić information content (AvgIpc) is 3.20. The van der Waals surface area contributed by atoms with Gasteiger partial charge in [0.15, 0.2) is 0 Å². The molecule has 0 amide bonds. The number of fused-ring (bicyclic) bond motifs is 6. The molecule has 0 saturated carbocycles. The molecule has 1 heterocycles. The van der Waals surface area contributed by atoms with Gasteiger partial charge >= 0.3 is 0 Å². The van der Waals surface area contributed by atoms with Crippen molar-refractivity contribution in [3.05, 3.63) is 95.0 Å². The van der Waals surface area contributed by atoms with Crippen molar-refractivity contribution in [2.45, 2.75) is 19.3 Å². The lowest BCUT2D eigenvalue weighted by molar-refractivity contribution is 0.647. The highest BCUT2D eigenvalue weighted by molar-refractivity contribution is 6.34. The highest BCUT2D eigenvalue weighted by Crippen LogP contribution is 2.52. The summed E-state index contributed by atoms with van der Waals surface area (Å²) in [5.41, 5.74) is 9.04. The third-order valence-corrected chi connectivity index (χ3v) is 6.66. The molecule has 0 N–H and O–H groups in total. The number of halogens is 1. The number of hydrogen-bond acceptors (Lipinski definition) is 1. The van der Waals surface area contributed by atoms with Crippen LogP contribution in [0.2, 0.25) is 5.02 Å². The van der Waals surface area contributed by atoms with Crippen LogP contribution >= 0.6 is 11.6 Å². The van der Waals surface area contributed by atoms with Crippen LogP contribution in [0.5, 0.6) is 0 Å². The summed E-state index contributed by atoms with van der Waals surface area (Å²) in [7, 11) is 0. The Morgan fingerprint density at radius 2 is 1.48 bits per heavy atom. The Labute approximate surface area is 174 Å². The fraction of sp³-hybridized carbons (Fsp3) is 0.111. The first-order valence-corrected chi connectivity index (χ1v) is 10.3. The lowest BCUT2D eigenvalue weighted by Gasteiger charge is -2.21. The lowest BCUT2D eigenvalue weighted by Crippen LogP contribution is -2.14. The van der Waals surface area contributed by atoms with Crippen molar-refractivity contribution < 1.29 is 4.42 Å². The molecule has 6 rings (SSSR count). The summed E-state index contributed by atoms with van der Waals surface area (Å²) < 4.78 is 6.33. The Morgan fingerprint density at radius 1 is 0.690 bits per heavy atom. The van der Waals surface area contributed by atoms with Crippen LogP contribution in [0.25, 0.3) is 44.2 Å². The zero-order valence-electron chi connectivity index (χ0n) is 16.3. The molecule has 0 fully saturated rings. The van der Waals surface area contributed by atoms with Crippen LogP contribution in [0.4, 0.5) is 0 Å². The van der Waals surface area contributed by atoms with Gasteiger partial charge in [0.05, 0.1) is 0 Å². The second-order valence-electron chi connectivity index (χ2n) is 8.36. The van der Waals surface area contributed by atoms with Crippen molar-refractivity contribution in [2.75, 3.05) is 0 Å². The van der Waals surface area contributed by atoms with Crippen LogP contribution in [-0.2, 0) is 5.41 Å². The Hall–Kier alpha value is -3.03. The predicted molar refractivity (Wildman–Crippen MR) is 122 cm³/mol. The largest absolute Gasteiger partial charge is 0.456 e. The van der Waals surface area contributed by atoms with E-state index in [4.69, 9.17) is 16.0 Å². The molecule has 29 heavy (non-hydrogen) atoms. The van der Waals surface area contributed by atoms with E-state index in [-0.39, 0.29) is 5.41 Å². The van der Waals surface area contributed by atoms with Gasteiger partial charge < -0.3 is 4.42 Å². The van der Waals surface area contributed by atoms with E-state index in [1.165, 1.54) is 27.8 Å². The van der Waals surface area contributed by atoms with Gasteiger partial charge in [-0.15, -0.1) is 0 Å². The molecule has 1 nitrogen and oxygen atoms in total. The molecule has 2 heteroatoms. The molecule has 5 aromatic rings. The van der Waals surface area contributed by atoms with E-state index >= 15 is 0 Å². The predicted octanol–water partition coefficient (Wildman–Crippen LogP) is 8.21. The Bertz CT molecular complexity index is 1420. The zero-order chi connectivity index (χ0) is 19.8. The van der Waals surface area contributed by atoms with Crippen LogP contribution in [0.1, 0.15) is 25.0 Å². The molecule has 1 aliphatic carbocycles. The van der Waals surface area contributed by atoms with E-state index in [1.54, 1.807) is 0 Å². The standard InChI is InChI=1S/C27H19ClO/c1-27(2)21-9-6-10-23(28)26(21)20-14-19-18-12-11-17(16-7-4-3-5-8-16)13-24(18)29-25(19)15-22(20)27/h3-15H,1-2H3. The summed E-state index contributed by atoms with van der Waals surface area (Å²) in [6, 6.07) is 27.6. The first-order valence-electron chi connectivity index (χ1n) is 9.89. The van der Waals surface area contributed by atoms with Crippen molar-refractivity contribution in [1.29, 1.82) is 0 Å². The fourth-order valence-electron chi connectivity index (χ4n) is 4.82. The molecule has 4 aromatic carbocycles. The van der Waals surface area contributed by atoms with Crippen LogP contribution in [0.3, 0.4) is 0 Å². The molecule has 0 atom stereocenters. The van der Waals surface area contributed by atoms with Gasteiger partial charge in [-0.25, -0.2) is 0 Å². The van der Waals surface area contributed by atoms with Gasteiger partial charge in [0, 0.05) is 26.8 Å². The topological polar surface area (TPSA) is 13.1 Å². The summed E-state index contributed by atoms with van der Waals surface area (Å²) in [4.78, 5) is 0. The molecule has 0 radical (unpaired) electrons. The van der Waals surface area contributed by atoms with E-state index in [2.05, 4.69) is 74.5 Å². The fourth-order valence-corrected chi connectivity index (χ4v) is 5.10. The van der Waals surface area contributed by atoms with Gasteiger partial charge in [0.25, 0.3) is 0 Å². The van der Waals surface area contributed by atoms with Crippen LogP contribution < -0.4 is 0 Å². The summed E-state index contributed by atoms with van der Waals surface area (Å²) in [6.45, 7) is 4.52. The van der Waals surface area contributed by atoms with Gasteiger partial charge in [-0.1, -0.05) is 74.0 Å². The second kappa shape index (κ2) is 5.75. The third kappa shape index (κ3) is 2.28. The normalized spacial score (nSPS) is 14.3. The summed E-state index contributed by atoms with van der Waals surface area (Å²) in [5, 5.41) is 3.09. The van der Waals surface area contributed by atoms with Gasteiger partial charge in [-0.3, -0.25) is 0 Å². The molecular weight excluding hydrogens is 376 g/mol. The smallest absolute Gasteiger partial charge is 0.136 e. The third-order valence-electron chi connectivity index (χ3n) is 6.35. The van der Waals surface area contributed by atoms with Crippen LogP contribution in [0, 0.1) is 0 Å². The van der Waals surface area contributed by atoms with E-state index in [0.717, 1.165) is 32.5 Å². The first kappa shape index (κ1) is 16.9. The molecular formula is C27H19ClO. The van der Waals surface area contributed by atoms with E-state index in [9.17, 15) is 0 Å².